The van der Waals surface area contributed by atoms with E-state index in [1.807, 2.05) is 29.6 Å². The van der Waals surface area contributed by atoms with E-state index in [2.05, 4.69) is 26.6 Å². The maximum absolute atomic E-state index is 12.6. The Kier molecular flexibility index (Phi) is 4.55. The summed E-state index contributed by atoms with van der Waals surface area (Å²) >= 11 is 0. The van der Waals surface area contributed by atoms with Gasteiger partial charge in [-0.05, 0) is 18.4 Å². The quantitative estimate of drug-likeness (QED) is 0.732. The van der Waals surface area contributed by atoms with E-state index in [0.717, 1.165) is 35.5 Å². The fraction of sp³-hybridized carbons (Fsp3) is 0.474. The van der Waals surface area contributed by atoms with Crippen molar-refractivity contribution in [2.24, 2.45) is 5.92 Å². The summed E-state index contributed by atoms with van der Waals surface area (Å²) in [6.07, 6.45) is 6.81. The van der Waals surface area contributed by atoms with Gasteiger partial charge in [-0.15, -0.1) is 0 Å². The van der Waals surface area contributed by atoms with Gasteiger partial charge in [-0.2, -0.15) is 0 Å². The summed E-state index contributed by atoms with van der Waals surface area (Å²) in [6.45, 7) is 5.46. The molecular weight excluding hydrogens is 344 g/mol. The molecule has 0 saturated carbocycles. The van der Waals surface area contributed by atoms with Gasteiger partial charge in [0.15, 0.2) is 5.65 Å². The summed E-state index contributed by atoms with van der Waals surface area (Å²) in [5.74, 6) is 1.53. The predicted octanol–water partition coefficient (Wildman–Crippen LogP) is 1.69. The van der Waals surface area contributed by atoms with Crippen molar-refractivity contribution in [1.82, 2.24) is 29.6 Å². The Morgan fingerprint density at radius 3 is 2.96 bits per heavy atom. The van der Waals surface area contributed by atoms with E-state index < -0.39 is 0 Å². The Hall–Kier alpha value is -2.90. The zero-order chi connectivity index (χ0) is 19.0. The van der Waals surface area contributed by atoms with Gasteiger partial charge in [-0.1, -0.05) is 6.92 Å². The van der Waals surface area contributed by atoms with Gasteiger partial charge in [0.2, 0.25) is 11.8 Å². The molecule has 0 aliphatic carbocycles. The van der Waals surface area contributed by atoms with Gasteiger partial charge >= 0.3 is 0 Å². The smallest absolute Gasteiger partial charge is 0.224 e. The van der Waals surface area contributed by atoms with Gasteiger partial charge in [0.05, 0.1) is 23.4 Å². The topological polar surface area (TPSA) is 95.4 Å². The summed E-state index contributed by atoms with van der Waals surface area (Å²) in [7, 11) is 0. The number of hydrogen-bond donors (Lipinski definition) is 2. The maximum Gasteiger partial charge on any atom is 0.224 e. The SMILES string of the molecule is CC(=O)NCCC(=O)N1CCC(C)C(c2ncc3cnc4[nH]ccc4n23)C1. The first-order valence-corrected chi connectivity index (χ1v) is 9.36. The van der Waals surface area contributed by atoms with Crippen molar-refractivity contribution in [2.45, 2.75) is 32.6 Å². The zero-order valence-electron chi connectivity index (χ0n) is 15.6. The second-order valence-corrected chi connectivity index (χ2v) is 7.29. The Labute approximate surface area is 157 Å². The number of aromatic nitrogens is 4. The van der Waals surface area contributed by atoms with E-state index in [1.54, 1.807) is 0 Å². The molecule has 2 unspecified atom stereocenters. The lowest BCUT2D eigenvalue weighted by Gasteiger charge is -2.36. The molecule has 1 aliphatic rings. The van der Waals surface area contributed by atoms with Gasteiger partial charge < -0.3 is 15.2 Å². The molecule has 1 fully saturated rings. The zero-order valence-corrected chi connectivity index (χ0v) is 15.6. The molecule has 3 aromatic rings. The van der Waals surface area contributed by atoms with Crippen LogP contribution in [0.2, 0.25) is 0 Å². The van der Waals surface area contributed by atoms with E-state index in [1.165, 1.54) is 6.92 Å². The standard InChI is InChI=1S/C19H24N6O2/c1-12-5-8-24(17(27)4-7-20-13(2)26)11-15(12)19-23-10-14-9-22-18-16(25(14)19)3-6-21-18/h3,6,9-10,12,15,21H,4-5,7-8,11H2,1-2H3,(H,20,26). The molecule has 0 aromatic carbocycles. The van der Waals surface area contributed by atoms with Gasteiger partial charge in [0.1, 0.15) is 5.82 Å². The highest BCUT2D eigenvalue weighted by atomic mass is 16.2. The van der Waals surface area contributed by atoms with Gasteiger partial charge in [-0.3, -0.25) is 14.0 Å². The number of nitrogens with zero attached hydrogens (tertiary/aromatic N) is 4. The van der Waals surface area contributed by atoms with Crippen LogP contribution >= 0.6 is 0 Å². The number of carbonyl (C=O) groups excluding carboxylic acids is 2. The molecule has 8 nitrogen and oxygen atoms in total. The van der Waals surface area contributed by atoms with E-state index in [9.17, 15) is 9.59 Å². The highest BCUT2D eigenvalue weighted by Gasteiger charge is 2.32. The molecule has 2 atom stereocenters. The number of piperidine rings is 1. The first kappa shape index (κ1) is 17.5. The molecule has 8 heteroatoms. The summed E-state index contributed by atoms with van der Waals surface area (Å²) in [5, 5.41) is 2.69. The Balaban J connectivity index is 1.59. The number of fused-ring (bicyclic) bond motifs is 3. The number of hydrogen-bond acceptors (Lipinski definition) is 4. The number of imidazole rings is 1. The number of amides is 2. The summed E-state index contributed by atoms with van der Waals surface area (Å²) < 4.78 is 2.14. The number of likely N-dealkylation sites (tertiary alicyclic amines) is 1. The first-order valence-electron chi connectivity index (χ1n) is 9.36. The molecule has 1 saturated heterocycles. The Morgan fingerprint density at radius 2 is 2.15 bits per heavy atom. The van der Waals surface area contributed by atoms with E-state index in [-0.39, 0.29) is 17.7 Å². The van der Waals surface area contributed by atoms with Crippen molar-refractivity contribution in [3.8, 4) is 0 Å². The molecule has 2 amide bonds. The van der Waals surface area contributed by atoms with Crippen LogP contribution in [0.25, 0.3) is 16.7 Å². The van der Waals surface area contributed by atoms with E-state index in [0.29, 0.717) is 25.4 Å². The van der Waals surface area contributed by atoms with Crippen LogP contribution in [0.1, 0.15) is 38.4 Å². The van der Waals surface area contributed by atoms with Gasteiger partial charge in [-0.25, -0.2) is 9.97 Å². The normalized spacial score (nSPS) is 20.3. The van der Waals surface area contributed by atoms with Crippen LogP contribution in [-0.4, -0.2) is 55.7 Å². The molecule has 27 heavy (non-hydrogen) atoms. The number of nitrogens with one attached hydrogen (secondary N) is 2. The summed E-state index contributed by atoms with van der Waals surface area (Å²) in [5.41, 5.74) is 2.79. The molecule has 1 aliphatic heterocycles. The molecule has 0 bridgehead atoms. The fourth-order valence-corrected chi connectivity index (χ4v) is 3.90. The highest BCUT2D eigenvalue weighted by molar-refractivity contribution is 5.78. The lowest BCUT2D eigenvalue weighted by atomic mass is 9.86. The average Bonchev–Trinajstić information content (AvgIpc) is 3.27. The van der Waals surface area contributed by atoms with Crippen LogP contribution in [0, 0.1) is 5.92 Å². The molecular formula is C19H24N6O2. The lowest BCUT2D eigenvalue weighted by Crippen LogP contribution is -2.43. The highest BCUT2D eigenvalue weighted by Crippen LogP contribution is 2.33. The molecule has 4 heterocycles. The minimum Gasteiger partial charge on any atom is -0.356 e. The van der Waals surface area contributed by atoms with Crippen molar-refractivity contribution in [2.75, 3.05) is 19.6 Å². The number of H-pyrrole nitrogens is 1. The lowest BCUT2D eigenvalue weighted by molar-refractivity contribution is -0.133. The third kappa shape index (κ3) is 3.27. The second kappa shape index (κ2) is 7.02. The molecule has 4 rings (SSSR count). The van der Waals surface area contributed by atoms with Crippen molar-refractivity contribution in [3.05, 3.63) is 30.5 Å². The first-order chi connectivity index (χ1) is 13.0. The van der Waals surface area contributed by atoms with Crippen molar-refractivity contribution >= 4 is 28.5 Å². The predicted molar refractivity (Wildman–Crippen MR) is 101 cm³/mol. The monoisotopic (exact) mass is 368 g/mol. The molecule has 3 aromatic heterocycles. The van der Waals surface area contributed by atoms with Gasteiger partial charge in [0.25, 0.3) is 0 Å². The maximum atomic E-state index is 12.6. The van der Waals surface area contributed by atoms with Crippen LogP contribution in [0.4, 0.5) is 0 Å². The Bertz CT molecular complexity index is 991. The Morgan fingerprint density at radius 1 is 1.33 bits per heavy atom. The van der Waals surface area contributed by atoms with E-state index >= 15 is 0 Å². The third-order valence-corrected chi connectivity index (χ3v) is 5.44. The summed E-state index contributed by atoms with van der Waals surface area (Å²) in [4.78, 5) is 37.7. The van der Waals surface area contributed by atoms with Crippen LogP contribution in [0.15, 0.2) is 24.7 Å². The van der Waals surface area contributed by atoms with E-state index in [4.69, 9.17) is 4.98 Å². The fourth-order valence-electron chi connectivity index (χ4n) is 3.90. The molecule has 0 radical (unpaired) electrons. The van der Waals surface area contributed by atoms with Gasteiger partial charge in [0, 0.05) is 45.1 Å². The minimum atomic E-state index is -0.110. The van der Waals surface area contributed by atoms with Crippen molar-refractivity contribution in [3.63, 3.8) is 0 Å². The largest absolute Gasteiger partial charge is 0.356 e. The van der Waals surface area contributed by atoms with Crippen LogP contribution in [0.3, 0.4) is 0 Å². The number of aromatic amines is 1. The second-order valence-electron chi connectivity index (χ2n) is 7.29. The summed E-state index contributed by atoms with van der Waals surface area (Å²) in [6, 6.07) is 2.00. The third-order valence-electron chi connectivity index (χ3n) is 5.44. The number of carbonyl (C=O) groups is 2. The molecule has 2 N–H and O–H groups in total. The number of rotatable bonds is 4. The van der Waals surface area contributed by atoms with Crippen LogP contribution in [0.5, 0.6) is 0 Å². The molecule has 0 spiro atoms. The minimum absolute atomic E-state index is 0.0787. The van der Waals surface area contributed by atoms with Crippen LogP contribution < -0.4 is 5.32 Å². The van der Waals surface area contributed by atoms with Crippen molar-refractivity contribution < 1.29 is 9.59 Å². The molecule has 142 valence electrons. The van der Waals surface area contributed by atoms with Crippen molar-refractivity contribution in [1.29, 1.82) is 0 Å². The average molecular weight is 368 g/mol. The van der Waals surface area contributed by atoms with Crippen LogP contribution in [-0.2, 0) is 9.59 Å².